The fourth-order valence-corrected chi connectivity index (χ4v) is 2.89. The largest absolute Gasteiger partial charge is 0.493 e. The molecule has 144 valence electrons. The molecule has 6 heteroatoms. The van der Waals surface area contributed by atoms with Gasteiger partial charge in [0.15, 0.2) is 11.5 Å². The van der Waals surface area contributed by atoms with E-state index in [0.29, 0.717) is 36.0 Å². The summed E-state index contributed by atoms with van der Waals surface area (Å²) in [4.78, 5) is 12.5. The molecule has 1 aliphatic heterocycles. The van der Waals surface area contributed by atoms with Gasteiger partial charge in [0.25, 0.3) is 5.91 Å². The molecule has 27 heavy (non-hydrogen) atoms. The van der Waals surface area contributed by atoms with Crippen molar-refractivity contribution in [3.8, 4) is 17.2 Å². The van der Waals surface area contributed by atoms with E-state index in [1.165, 1.54) is 0 Å². The van der Waals surface area contributed by atoms with Crippen molar-refractivity contribution in [2.75, 3.05) is 32.2 Å². The number of hydrogen-bond acceptors (Lipinski definition) is 5. The van der Waals surface area contributed by atoms with Crippen molar-refractivity contribution in [2.45, 2.75) is 25.9 Å². The van der Waals surface area contributed by atoms with Crippen LogP contribution in [-0.4, -0.2) is 38.9 Å². The van der Waals surface area contributed by atoms with Crippen LogP contribution in [0.4, 0.5) is 5.69 Å². The first kappa shape index (κ1) is 19.0. The molecule has 2 aromatic rings. The first-order chi connectivity index (χ1) is 13.2. The zero-order valence-electron chi connectivity index (χ0n) is 15.7. The van der Waals surface area contributed by atoms with Crippen LogP contribution < -0.4 is 19.5 Å². The van der Waals surface area contributed by atoms with Crippen LogP contribution in [0.15, 0.2) is 42.5 Å². The summed E-state index contributed by atoms with van der Waals surface area (Å²) in [7, 11) is 1.57. The Labute approximate surface area is 159 Å². The number of amides is 1. The number of hydrogen-bond donors (Lipinski definition) is 1. The van der Waals surface area contributed by atoms with Crippen LogP contribution in [0.25, 0.3) is 0 Å². The molecule has 1 unspecified atom stereocenters. The molecule has 1 heterocycles. The van der Waals surface area contributed by atoms with Gasteiger partial charge in [-0.3, -0.25) is 4.79 Å². The lowest BCUT2D eigenvalue weighted by atomic mass is 10.2. The highest BCUT2D eigenvalue weighted by Crippen LogP contribution is 2.30. The predicted molar refractivity (Wildman–Crippen MR) is 103 cm³/mol. The number of anilines is 1. The molecule has 0 saturated carbocycles. The third kappa shape index (κ3) is 5.14. The van der Waals surface area contributed by atoms with Gasteiger partial charge in [0.2, 0.25) is 0 Å². The molecule has 2 aromatic carbocycles. The lowest BCUT2D eigenvalue weighted by Crippen LogP contribution is -2.16. The average molecular weight is 371 g/mol. The Hall–Kier alpha value is -2.73. The molecule has 3 rings (SSSR count). The first-order valence-corrected chi connectivity index (χ1v) is 9.16. The monoisotopic (exact) mass is 371 g/mol. The number of rotatable bonds is 8. The molecule has 0 spiro atoms. The molecule has 1 saturated heterocycles. The summed E-state index contributed by atoms with van der Waals surface area (Å²) >= 11 is 0. The van der Waals surface area contributed by atoms with E-state index in [4.69, 9.17) is 18.9 Å². The van der Waals surface area contributed by atoms with Crippen molar-refractivity contribution in [1.29, 1.82) is 0 Å². The second-order valence-electron chi connectivity index (χ2n) is 6.22. The fraction of sp³-hybridized carbons (Fsp3) is 0.381. The maximum absolute atomic E-state index is 12.5. The minimum atomic E-state index is -0.202. The Balaban J connectivity index is 1.58. The maximum atomic E-state index is 12.5. The topological polar surface area (TPSA) is 66.0 Å². The molecule has 0 bridgehead atoms. The van der Waals surface area contributed by atoms with E-state index in [2.05, 4.69) is 5.32 Å². The van der Waals surface area contributed by atoms with Crippen LogP contribution >= 0.6 is 0 Å². The summed E-state index contributed by atoms with van der Waals surface area (Å²) < 4.78 is 22.1. The Morgan fingerprint density at radius 3 is 2.63 bits per heavy atom. The summed E-state index contributed by atoms with van der Waals surface area (Å²) in [5, 5.41) is 2.86. The van der Waals surface area contributed by atoms with Gasteiger partial charge in [0, 0.05) is 23.9 Å². The van der Waals surface area contributed by atoms with Crippen molar-refractivity contribution >= 4 is 11.6 Å². The summed E-state index contributed by atoms with van der Waals surface area (Å²) in [5.41, 5.74) is 1.19. The maximum Gasteiger partial charge on any atom is 0.255 e. The minimum absolute atomic E-state index is 0.169. The normalized spacial score (nSPS) is 16.0. The van der Waals surface area contributed by atoms with E-state index >= 15 is 0 Å². The van der Waals surface area contributed by atoms with Crippen LogP contribution in [0.2, 0.25) is 0 Å². The van der Waals surface area contributed by atoms with Gasteiger partial charge in [-0.1, -0.05) is 0 Å². The molecule has 0 aromatic heterocycles. The second kappa shape index (κ2) is 9.28. The third-order valence-corrected chi connectivity index (χ3v) is 4.30. The molecule has 0 radical (unpaired) electrons. The van der Waals surface area contributed by atoms with Gasteiger partial charge in [-0.2, -0.15) is 0 Å². The van der Waals surface area contributed by atoms with Gasteiger partial charge in [-0.05, 0) is 56.2 Å². The minimum Gasteiger partial charge on any atom is -0.493 e. The molecule has 0 aliphatic carbocycles. The van der Waals surface area contributed by atoms with E-state index < -0.39 is 0 Å². The van der Waals surface area contributed by atoms with Gasteiger partial charge in [-0.25, -0.2) is 0 Å². The second-order valence-corrected chi connectivity index (χ2v) is 6.22. The number of ether oxygens (including phenoxy) is 4. The van der Waals surface area contributed by atoms with E-state index in [0.717, 1.165) is 25.2 Å². The quantitative estimate of drug-likeness (QED) is 0.762. The van der Waals surface area contributed by atoms with Gasteiger partial charge < -0.3 is 24.3 Å². The first-order valence-electron chi connectivity index (χ1n) is 9.16. The smallest absolute Gasteiger partial charge is 0.255 e. The molecule has 1 fully saturated rings. The fourth-order valence-electron chi connectivity index (χ4n) is 2.89. The van der Waals surface area contributed by atoms with Crippen LogP contribution in [0, 0.1) is 0 Å². The number of carbonyl (C=O) groups is 1. The highest BCUT2D eigenvalue weighted by atomic mass is 16.5. The van der Waals surface area contributed by atoms with Crippen LogP contribution in [0.3, 0.4) is 0 Å². The Morgan fingerprint density at radius 2 is 1.96 bits per heavy atom. The molecular formula is C21H25NO5. The molecule has 1 atom stereocenters. The lowest BCUT2D eigenvalue weighted by Gasteiger charge is -2.13. The number of carbonyl (C=O) groups excluding carboxylic acids is 1. The van der Waals surface area contributed by atoms with Crippen molar-refractivity contribution in [3.63, 3.8) is 0 Å². The average Bonchev–Trinajstić information content (AvgIpc) is 3.21. The highest BCUT2D eigenvalue weighted by Gasteiger charge is 2.16. The van der Waals surface area contributed by atoms with Crippen LogP contribution in [0.1, 0.15) is 30.1 Å². The lowest BCUT2D eigenvalue weighted by molar-refractivity contribution is 0.0679. The Kier molecular flexibility index (Phi) is 6.54. The SMILES string of the molecule is CCOc1ccc(NC(=O)c2ccc(OCC3CCCO3)cc2)cc1OC. The number of nitrogens with one attached hydrogen (secondary N) is 1. The number of benzene rings is 2. The van der Waals surface area contributed by atoms with Crippen LogP contribution in [0.5, 0.6) is 17.2 Å². The Morgan fingerprint density at radius 1 is 1.15 bits per heavy atom. The Bertz CT molecular complexity index is 754. The highest BCUT2D eigenvalue weighted by molar-refractivity contribution is 6.04. The summed E-state index contributed by atoms with van der Waals surface area (Å²) in [5.74, 6) is 1.75. The molecule has 6 nitrogen and oxygen atoms in total. The summed E-state index contributed by atoms with van der Waals surface area (Å²) in [6.45, 7) is 3.80. The van der Waals surface area contributed by atoms with Crippen molar-refractivity contribution < 1.29 is 23.7 Å². The molecule has 1 amide bonds. The molecular weight excluding hydrogens is 346 g/mol. The van der Waals surface area contributed by atoms with Gasteiger partial charge in [-0.15, -0.1) is 0 Å². The zero-order valence-corrected chi connectivity index (χ0v) is 15.7. The van der Waals surface area contributed by atoms with Gasteiger partial charge >= 0.3 is 0 Å². The van der Waals surface area contributed by atoms with E-state index in [-0.39, 0.29) is 12.0 Å². The van der Waals surface area contributed by atoms with Crippen LogP contribution in [-0.2, 0) is 4.74 Å². The van der Waals surface area contributed by atoms with E-state index in [1.807, 2.05) is 6.92 Å². The zero-order chi connectivity index (χ0) is 19.1. The molecule has 1 aliphatic rings. The van der Waals surface area contributed by atoms with Crippen molar-refractivity contribution in [3.05, 3.63) is 48.0 Å². The standard InChI is InChI=1S/C21H25NO5/c1-3-25-19-11-8-16(13-20(19)24-2)22-21(23)15-6-9-17(10-7-15)27-14-18-5-4-12-26-18/h6-11,13,18H,3-5,12,14H2,1-2H3,(H,22,23). The van der Waals surface area contributed by atoms with E-state index in [9.17, 15) is 4.79 Å². The predicted octanol–water partition coefficient (Wildman–Crippen LogP) is 3.90. The third-order valence-electron chi connectivity index (χ3n) is 4.30. The van der Waals surface area contributed by atoms with E-state index in [1.54, 1.807) is 49.6 Å². The van der Waals surface area contributed by atoms with Crippen molar-refractivity contribution in [2.24, 2.45) is 0 Å². The number of methoxy groups -OCH3 is 1. The molecule has 1 N–H and O–H groups in total. The van der Waals surface area contributed by atoms with Crippen molar-refractivity contribution in [1.82, 2.24) is 0 Å². The van der Waals surface area contributed by atoms with Gasteiger partial charge in [0.05, 0.1) is 19.8 Å². The van der Waals surface area contributed by atoms with Gasteiger partial charge in [0.1, 0.15) is 12.4 Å². The summed E-state index contributed by atoms with van der Waals surface area (Å²) in [6, 6.07) is 12.4. The summed E-state index contributed by atoms with van der Waals surface area (Å²) in [6.07, 6.45) is 2.29.